The zero-order chi connectivity index (χ0) is 16.5. The second-order valence-electron chi connectivity index (χ2n) is 6.12. The number of nitriles is 1. The molecule has 118 valence electrons. The minimum Gasteiger partial charge on any atom is -0.350 e. The molecule has 4 rings (SSSR count). The Kier molecular flexibility index (Phi) is 3.55. The van der Waals surface area contributed by atoms with E-state index in [0.29, 0.717) is 5.69 Å². The minimum absolute atomic E-state index is 0.609. The van der Waals surface area contributed by atoms with E-state index >= 15 is 0 Å². The maximum absolute atomic E-state index is 9.54. The summed E-state index contributed by atoms with van der Waals surface area (Å²) >= 11 is 0. The maximum atomic E-state index is 9.54. The zero-order valence-electron chi connectivity index (χ0n) is 13.6. The van der Waals surface area contributed by atoms with Crippen molar-refractivity contribution in [1.82, 2.24) is 9.38 Å². The van der Waals surface area contributed by atoms with Crippen LogP contribution in [0.15, 0.2) is 54.7 Å². The van der Waals surface area contributed by atoms with E-state index in [-0.39, 0.29) is 0 Å². The first-order valence-electron chi connectivity index (χ1n) is 8.14. The molecule has 4 nitrogen and oxygen atoms in total. The summed E-state index contributed by atoms with van der Waals surface area (Å²) < 4.78 is 1.86. The molecule has 0 unspecified atom stereocenters. The van der Waals surface area contributed by atoms with Crippen molar-refractivity contribution >= 4 is 17.0 Å². The summed E-state index contributed by atoms with van der Waals surface area (Å²) in [5.74, 6) is 0.781. The van der Waals surface area contributed by atoms with Crippen LogP contribution in [0.5, 0.6) is 0 Å². The quantitative estimate of drug-likeness (QED) is 0.722. The van der Waals surface area contributed by atoms with Gasteiger partial charge in [-0.3, -0.25) is 4.40 Å². The highest BCUT2D eigenvalue weighted by molar-refractivity contribution is 5.70. The summed E-state index contributed by atoms with van der Waals surface area (Å²) in [6, 6.07) is 16.7. The van der Waals surface area contributed by atoms with E-state index in [1.54, 1.807) is 0 Å². The lowest BCUT2D eigenvalue weighted by atomic mass is 9.98. The van der Waals surface area contributed by atoms with Gasteiger partial charge in [0.1, 0.15) is 11.7 Å². The number of aryl methyl sites for hydroxylation is 1. The lowest BCUT2D eigenvalue weighted by Crippen LogP contribution is -2.29. The first-order valence-corrected chi connectivity index (χ1v) is 8.14. The van der Waals surface area contributed by atoms with Gasteiger partial charge in [-0.25, -0.2) is 4.98 Å². The number of pyridine rings is 1. The van der Waals surface area contributed by atoms with Crippen LogP contribution in [0, 0.1) is 18.3 Å². The third kappa shape index (κ3) is 2.44. The van der Waals surface area contributed by atoms with E-state index in [0.717, 1.165) is 31.0 Å². The summed E-state index contributed by atoms with van der Waals surface area (Å²) in [5.41, 5.74) is 5.38. The highest BCUT2D eigenvalue weighted by atomic mass is 15.2. The van der Waals surface area contributed by atoms with E-state index in [4.69, 9.17) is 0 Å². The number of anilines is 1. The second kappa shape index (κ2) is 5.86. The number of rotatable bonds is 2. The molecule has 3 aromatic rings. The topological polar surface area (TPSA) is 44.3 Å². The Morgan fingerprint density at radius 2 is 2.08 bits per heavy atom. The Labute approximate surface area is 141 Å². The molecule has 0 spiro atoms. The van der Waals surface area contributed by atoms with Gasteiger partial charge in [-0.05, 0) is 36.6 Å². The molecule has 24 heavy (non-hydrogen) atoms. The van der Waals surface area contributed by atoms with Crippen LogP contribution in [0.4, 0.5) is 5.82 Å². The van der Waals surface area contributed by atoms with Crippen LogP contribution in [0.2, 0.25) is 0 Å². The van der Waals surface area contributed by atoms with Gasteiger partial charge in [-0.1, -0.05) is 42.0 Å². The Balaban J connectivity index is 1.65. The fourth-order valence-electron chi connectivity index (χ4n) is 3.28. The minimum atomic E-state index is 0.609. The van der Waals surface area contributed by atoms with Gasteiger partial charge in [0.15, 0.2) is 11.5 Å². The van der Waals surface area contributed by atoms with Crippen LogP contribution in [0.1, 0.15) is 23.2 Å². The highest BCUT2D eigenvalue weighted by Gasteiger charge is 2.20. The van der Waals surface area contributed by atoms with Gasteiger partial charge in [-0.15, -0.1) is 0 Å². The fourth-order valence-corrected chi connectivity index (χ4v) is 3.28. The monoisotopic (exact) mass is 314 g/mol. The van der Waals surface area contributed by atoms with Gasteiger partial charge in [-0.2, -0.15) is 5.26 Å². The van der Waals surface area contributed by atoms with Crippen molar-refractivity contribution in [1.29, 1.82) is 5.26 Å². The molecule has 0 amide bonds. The lowest BCUT2D eigenvalue weighted by Gasteiger charge is -2.27. The predicted molar refractivity (Wildman–Crippen MR) is 95.9 cm³/mol. The third-order valence-electron chi connectivity index (χ3n) is 4.51. The summed E-state index contributed by atoms with van der Waals surface area (Å²) in [6.45, 7) is 3.77. The van der Waals surface area contributed by atoms with E-state index in [1.165, 1.54) is 16.7 Å². The Hall–Kier alpha value is -3.06. The van der Waals surface area contributed by atoms with Crippen molar-refractivity contribution in [2.45, 2.75) is 13.3 Å². The van der Waals surface area contributed by atoms with E-state index in [9.17, 15) is 5.26 Å². The van der Waals surface area contributed by atoms with Crippen LogP contribution in [-0.4, -0.2) is 22.5 Å². The molecule has 0 atom stereocenters. The average Bonchev–Trinajstić information content (AvgIpc) is 3.00. The Bertz CT molecular complexity index is 975. The number of benzene rings is 1. The van der Waals surface area contributed by atoms with Crippen molar-refractivity contribution in [3.8, 4) is 6.07 Å². The molecule has 0 N–H and O–H groups in total. The molecule has 0 fully saturated rings. The predicted octanol–water partition coefficient (Wildman–Crippen LogP) is 3.81. The van der Waals surface area contributed by atoms with Crippen LogP contribution in [0.3, 0.4) is 0 Å². The van der Waals surface area contributed by atoms with Gasteiger partial charge in [0.2, 0.25) is 0 Å². The van der Waals surface area contributed by atoms with Crippen LogP contribution < -0.4 is 4.90 Å². The zero-order valence-corrected chi connectivity index (χ0v) is 13.6. The maximum Gasteiger partial charge on any atom is 0.169 e. The molecular formula is C20H18N4. The number of fused-ring (bicyclic) bond motifs is 1. The molecule has 0 saturated carbocycles. The van der Waals surface area contributed by atoms with Crippen LogP contribution >= 0.6 is 0 Å². The highest BCUT2D eigenvalue weighted by Crippen LogP contribution is 2.28. The summed E-state index contributed by atoms with van der Waals surface area (Å²) in [5, 5.41) is 9.54. The molecular weight excluding hydrogens is 296 g/mol. The molecule has 0 saturated heterocycles. The van der Waals surface area contributed by atoms with E-state index in [2.05, 4.69) is 53.2 Å². The molecule has 3 heterocycles. The van der Waals surface area contributed by atoms with Crippen molar-refractivity contribution < 1.29 is 0 Å². The molecule has 2 aromatic heterocycles. The van der Waals surface area contributed by atoms with Crippen LogP contribution in [0.25, 0.3) is 11.2 Å². The molecule has 1 aliphatic heterocycles. The summed E-state index contributed by atoms with van der Waals surface area (Å²) in [6.07, 6.45) is 5.11. The molecule has 1 aliphatic rings. The SMILES string of the molecule is Cc1cccc(C2=CCN(c3nc4ccccn4c3C#N)CC2)c1. The standard InChI is InChI=1S/C20H18N4/c1-15-5-4-6-17(13-15)16-8-11-23(12-9-16)20-18(14-21)24-10-3-2-7-19(24)22-20/h2-8,10,13H,9,11-12H2,1H3. The normalized spacial score (nSPS) is 14.5. The van der Waals surface area contributed by atoms with E-state index < -0.39 is 0 Å². The van der Waals surface area contributed by atoms with Gasteiger partial charge >= 0.3 is 0 Å². The molecule has 0 aliphatic carbocycles. The third-order valence-corrected chi connectivity index (χ3v) is 4.51. The van der Waals surface area contributed by atoms with Gasteiger partial charge in [0, 0.05) is 19.3 Å². The Morgan fingerprint density at radius 3 is 2.83 bits per heavy atom. The number of aromatic nitrogens is 2. The average molecular weight is 314 g/mol. The first-order chi connectivity index (χ1) is 11.8. The second-order valence-corrected chi connectivity index (χ2v) is 6.12. The molecule has 4 heteroatoms. The van der Waals surface area contributed by atoms with Gasteiger partial charge in [0.05, 0.1) is 0 Å². The number of hydrogen-bond donors (Lipinski definition) is 0. The largest absolute Gasteiger partial charge is 0.350 e. The molecule has 1 aromatic carbocycles. The number of imidazole rings is 1. The number of nitrogens with zero attached hydrogens (tertiary/aromatic N) is 4. The summed E-state index contributed by atoms with van der Waals surface area (Å²) in [4.78, 5) is 6.84. The lowest BCUT2D eigenvalue weighted by molar-refractivity contribution is 0.819. The van der Waals surface area contributed by atoms with Gasteiger partial charge in [0.25, 0.3) is 0 Å². The Morgan fingerprint density at radius 1 is 1.17 bits per heavy atom. The summed E-state index contributed by atoms with van der Waals surface area (Å²) in [7, 11) is 0. The fraction of sp³-hybridized carbons (Fsp3) is 0.200. The van der Waals surface area contributed by atoms with Crippen molar-refractivity contribution in [3.63, 3.8) is 0 Å². The van der Waals surface area contributed by atoms with Gasteiger partial charge < -0.3 is 4.90 Å². The molecule has 0 bridgehead atoms. The smallest absolute Gasteiger partial charge is 0.169 e. The number of hydrogen-bond acceptors (Lipinski definition) is 3. The molecule has 0 radical (unpaired) electrons. The van der Waals surface area contributed by atoms with E-state index in [1.807, 2.05) is 28.8 Å². The first kappa shape index (κ1) is 14.5. The van der Waals surface area contributed by atoms with Crippen molar-refractivity contribution in [3.05, 3.63) is 71.6 Å². The van der Waals surface area contributed by atoms with Crippen molar-refractivity contribution in [2.24, 2.45) is 0 Å². The van der Waals surface area contributed by atoms with Crippen molar-refractivity contribution in [2.75, 3.05) is 18.0 Å². The van der Waals surface area contributed by atoms with Crippen LogP contribution in [-0.2, 0) is 0 Å².